The van der Waals surface area contributed by atoms with E-state index in [2.05, 4.69) is 15.3 Å². The van der Waals surface area contributed by atoms with Crippen molar-refractivity contribution in [3.63, 3.8) is 0 Å². The first-order valence-electron chi connectivity index (χ1n) is 11.9. The van der Waals surface area contributed by atoms with Gasteiger partial charge in [0.25, 0.3) is 0 Å². The van der Waals surface area contributed by atoms with E-state index in [9.17, 15) is 9.59 Å². The molecule has 188 valence electrons. The fraction of sp³-hybridized carbons (Fsp3) is 0.333. The number of nitrogen functional groups attached to an aromatic ring is 1. The van der Waals surface area contributed by atoms with Crippen molar-refractivity contribution in [1.29, 1.82) is 0 Å². The van der Waals surface area contributed by atoms with Crippen molar-refractivity contribution in [3.05, 3.63) is 72.1 Å². The number of nitrogens with one attached hydrogen (secondary N) is 1. The molecule has 9 nitrogen and oxygen atoms in total. The molecule has 1 atom stereocenters. The summed E-state index contributed by atoms with van der Waals surface area (Å²) in [4.78, 5) is 35.9. The second-order valence-electron chi connectivity index (χ2n) is 9.66. The molecule has 1 amide bonds. The number of amides is 1. The van der Waals surface area contributed by atoms with Gasteiger partial charge in [0.05, 0.1) is 0 Å². The number of ketones is 1. The summed E-state index contributed by atoms with van der Waals surface area (Å²) in [5.74, 6) is 1.44. The fourth-order valence-corrected chi connectivity index (χ4v) is 3.96. The Kier molecular flexibility index (Phi) is 7.38. The van der Waals surface area contributed by atoms with Gasteiger partial charge in [0, 0.05) is 24.7 Å². The first-order valence-corrected chi connectivity index (χ1v) is 11.9. The molecule has 9 heteroatoms. The molecule has 3 N–H and O–H groups in total. The third kappa shape index (κ3) is 6.29. The lowest BCUT2D eigenvalue weighted by atomic mass is 10.0. The van der Waals surface area contributed by atoms with E-state index in [0.717, 1.165) is 12.8 Å². The average molecular weight is 490 g/mol. The Morgan fingerprint density at radius 1 is 1.03 bits per heavy atom. The van der Waals surface area contributed by atoms with Crippen LogP contribution in [0.5, 0.6) is 11.5 Å². The van der Waals surface area contributed by atoms with Gasteiger partial charge in [-0.05, 0) is 70.0 Å². The minimum atomic E-state index is -0.570. The number of ether oxygens (including phenoxy) is 2. The number of rotatable bonds is 6. The molecule has 36 heavy (non-hydrogen) atoms. The van der Waals surface area contributed by atoms with Crippen molar-refractivity contribution < 1.29 is 19.1 Å². The highest BCUT2D eigenvalue weighted by atomic mass is 16.6. The quantitative estimate of drug-likeness (QED) is 0.470. The Hall–Kier alpha value is -4.14. The molecule has 0 aliphatic carbocycles. The second-order valence-corrected chi connectivity index (χ2v) is 9.66. The van der Waals surface area contributed by atoms with Gasteiger partial charge in [0.1, 0.15) is 40.6 Å². The predicted octanol–water partition coefficient (Wildman–Crippen LogP) is 4.89. The summed E-state index contributed by atoms with van der Waals surface area (Å²) in [5.41, 5.74) is 6.18. The van der Waals surface area contributed by atoms with Crippen LogP contribution in [0.2, 0.25) is 0 Å². The highest BCUT2D eigenvalue weighted by Crippen LogP contribution is 2.27. The Balaban J connectivity index is 1.48. The van der Waals surface area contributed by atoms with E-state index in [0.29, 0.717) is 36.0 Å². The minimum absolute atomic E-state index is 0.0851. The number of piperidine rings is 1. The van der Waals surface area contributed by atoms with E-state index < -0.39 is 5.60 Å². The standard InChI is InChI=1S/C27H31N5O4/c1-27(2,3)36-26(34)32-15-7-8-19(16-32)31-25-22(24(28)29-17-30-25)23(33)18-11-13-21(14-12-18)35-20-9-5-4-6-10-20/h4-6,9-14,17,19H,7-8,15-16H2,1-3H3,(H3,28,29,30,31). The number of aromatic nitrogens is 2. The molecule has 1 fully saturated rings. The SMILES string of the molecule is CC(C)(C)OC(=O)N1CCCC(Nc2ncnc(N)c2C(=O)c2ccc(Oc3ccccc3)cc2)C1. The zero-order valence-corrected chi connectivity index (χ0v) is 20.7. The molecule has 1 aliphatic heterocycles. The number of hydrogen-bond donors (Lipinski definition) is 2. The number of likely N-dealkylation sites (tertiary alicyclic amines) is 1. The third-order valence-electron chi connectivity index (χ3n) is 5.61. The largest absolute Gasteiger partial charge is 0.457 e. The van der Waals surface area contributed by atoms with Crippen LogP contribution in [0.4, 0.5) is 16.4 Å². The number of benzene rings is 2. The molecular formula is C27H31N5O4. The summed E-state index contributed by atoms with van der Waals surface area (Å²) >= 11 is 0. The number of nitrogens with zero attached hydrogens (tertiary/aromatic N) is 3. The number of carbonyl (C=O) groups is 2. The number of anilines is 2. The molecule has 4 rings (SSSR count). The zero-order valence-electron chi connectivity index (χ0n) is 20.7. The van der Waals surface area contributed by atoms with Crippen molar-refractivity contribution in [3.8, 4) is 11.5 Å². The van der Waals surface area contributed by atoms with Crippen LogP contribution in [0.3, 0.4) is 0 Å². The maximum Gasteiger partial charge on any atom is 0.410 e. The normalized spacial score (nSPS) is 15.8. The molecule has 0 spiro atoms. The van der Waals surface area contributed by atoms with Crippen molar-refractivity contribution in [2.75, 3.05) is 24.1 Å². The van der Waals surface area contributed by atoms with Gasteiger partial charge in [-0.3, -0.25) is 4.79 Å². The minimum Gasteiger partial charge on any atom is -0.457 e. The van der Waals surface area contributed by atoms with E-state index in [-0.39, 0.29) is 29.3 Å². The molecule has 1 aromatic heterocycles. The first-order chi connectivity index (χ1) is 17.2. The van der Waals surface area contributed by atoms with Crippen molar-refractivity contribution in [2.45, 2.75) is 45.3 Å². The monoisotopic (exact) mass is 489 g/mol. The lowest BCUT2D eigenvalue weighted by molar-refractivity contribution is 0.0206. The summed E-state index contributed by atoms with van der Waals surface area (Å²) < 4.78 is 11.3. The van der Waals surface area contributed by atoms with E-state index in [1.807, 2.05) is 51.1 Å². The van der Waals surface area contributed by atoms with E-state index >= 15 is 0 Å². The van der Waals surface area contributed by atoms with Crippen LogP contribution < -0.4 is 15.8 Å². The number of carbonyl (C=O) groups excluding carboxylic acids is 2. The van der Waals surface area contributed by atoms with Crippen LogP contribution in [0.15, 0.2) is 60.9 Å². The molecule has 1 aliphatic rings. The van der Waals surface area contributed by atoms with Gasteiger partial charge in [-0.1, -0.05) is 18.2 Å². The maximum absolute atomic E-state index is 13.4. The van der Waals surface area contributed by atoms with E-state index in [4.69, 9.17) is 15.2 Å². The zero-order chi connectivity index (χ0) is 25.7. The van der Waals surface area contributed by atoms with Crippen molar-refractivity contribution >= 4 is 23.5 Å². The molecular weight excluding hydrogens is 458 g/mol. The second kappa shape index (κ2) is 10.6. The summed E-state index contributed by atoms with van der Waals surface area (Å²) in [6.45, 7) is 6.56. The van der Waals surface area contributed by atoms with Gasteiger partial charge >= 0.3 is 6.09 Å². The topological polar surface area (TPSA) is 120 Å². The summed E-state index contributed by atoms with van der Waals surface area (Å²) in [6.07, 6.45) is 2.57. The van der Waals surface area contributed by atoms with Crippen LogP contribution in [-0.4, -0.2) is 51.5 Å². The number of hydrogen-bond acceptors (Lipinski definition) is 8. The highest BCUT2D eigenvalue weighted by molar-refractivity contribution is 6.14. The molecule has 1 saturated heterocycles. The van der Waals surface area contributed by atoms with Crippen LogP contribution in [0, 0.1) is 0 Å². The highest BCUT2D eigenvalue weighted by Gasteiger charge is 2.29. The van der Waals surface area contributed by atoms with Gasteiger partial charge in [0.15, 0.2) is 5.78 Å². The van der Waals surface area contributed by atoms with E-state index in [1.165, 1.54) is 6.33 Å². The third-order valence-corrected chi connectivity index (χ3v) is 5.61. The van der Waals surface area contributed by atoms with E-state index in [1.54, 1.807) is 29.2 Å². The Bertz CT molecular complexity index is 1210. The van der Waals surface area contributed by atoms with Crippen LogP contribution in [0.25, 0.3) is 0 Å². The Morgan fingerprint density at radius 3 is 2.42 bits per heavy atom. The predicted molar refractivity (Wildman–Crippen MR) is 137 cm³/mol. The lowest BCUT2D eigenvalue weighted by Crippen LogP contribution is -2.47. The number of para-hydroxylation sites is 1. The van der Waals surface area contributed by atoms with Gasteiger partial charge in [0.2, 0.25) is 0 Å². The molecule has 0 bridgehead atoms. The lowest BCUT2D eigenvalue weighted by Gasteiger charge is -2.34. The first kappa shape index (κ1) is 25.0. The smallest absolute Gasteiger partial charge is 0.410 e. The molecule has 2 aromatic carbocycles. The number of nitrogens with two attached hydrogens (primary N) is 1. The maximum atomic E-state index is 13.4. The van der Waals surface area contributed by atoms with Crippen LogP contribution in [0.1, 0.15) is 49.5 Å². The summed E-state index contributed by atoms with van der Waals surface area (Å²) in [5, 5.41) is 3.31. The molecule has 2 heterocycles. The summed E-state index contributed by atoms with van der Waals surface area (Å²) in [7, 11) is 0. The van der Waals surface area contributed by atoms with Gasteiger partial charge in [-0.15, -0.1) is 0 Å². The summed E-state index contributed by atoms with van der Waals surface area (Å²) in [6, 6.07) is 16.1. The fourth-order valence-electron chi connectivity index (χ4n) is 3.96. The van der Waals surface area contributed by atoms with Crippen molar-refractivity contribution in [1.82, 2.24) is 14.9 Å². The van der Waals surface area contributed by atoms with Crippen LogP contribution in [-0.2, 0) is 4.74 Å². The van der Waals surface area contributed by atoms with Gasteiger partial charge in [-0.25, -0.2) is 14.8 Å². The van der Waals surface area contributed by atoms with Crippen LogP contribution >= 0.6 is 0 Å². The molecule has 1 unspecified atom stereocenters. The molecule has 0 saturated carbocycles. The van der Waals surface area contributed by atoms with Gasteiger partial charge < -0.3 is 25.4 Å². The van der Waals surface area contributed by atoms with Gasteiger partial charge in [-0.2, -0.15) is 0 Å². The Labute approximate surface area is 210 Å². The molecule has 3 aromatic rings. The van der Waals surface area contributed by atoms with Crippen molar-refractivity contribution in [2.24, 2.45) is 0 Å². The average Bonchev–Trinajstić information content (AvgIpc) is 2.84. The molecule has 0 radical (unpaired) electrons. The Morgan fingerprint density at radius 2 is 1.72 bits per heavy atom.